The number of aromatic nitrogens is 3. The lowest BCUT2D eigenvalue weighted by atomic mass is 9.96. The molecule has 0 unspecified atom stereocenters. The molecule has 4 nitrogen and oxygen atoms in total. The first-order chi connectivity index (χ1) is 47.0. The molecule has 12 heterocycles. The minimum absolute atomic E-state index is 1.12. The Balaban J connectivity index is 0.742. The average molecular weight is 1320 g/mol. The second-order valence-electron chi connectivity index (χ2n) is 25.1. The van der Waals surface area contributed by atoms with Crippen molar-refractivity contribution in [2.45, 2.75) is 0 Å². The summed E-state index contributed by atoms with van der Waals surface area (Å²) < 4.78 is 9.46. The number of benzene rings is 15. The van der Waals surface area contributed by atoms with E-state index in [-0.39, 0.29) is 0 Å². The van der Waals surface area contributed by atoms with E-state index in [1.165, 1.54) is 154 Å². The van der Waals surface area contributed by atoms with Gasteiger partial charge in [-0.15, -0.1) is 0 Å². The number of hydrogen-bond donors (Lipinski definition) is 0. The van der Waals surface area contributed by atoms with Crippen molar-refractivity contribution in [3.8, 4) is 106 Å². The molecule has 24 bridgehead atoms. The van der Waals surface area contributed by atoms with Crippen LogP contribution in [0.2, 0.25) is 0 Å². The number of halogens is 1. The standard InChI is InChI=1S/C90H57IN4/c91-95-77-42-32-60(33-43-77)58-16-20-62(21-17-58)68-36-46-85-79(52-68)81-54-70(38-48-87(81)92(85)74-10-4-1-5-11-74)64-24-28-66(29-25-64)72-40-50-89-83(56-72)84-57-73(41-51-90(84)94(89)76-14-8-3-9-15-76)67-30-26-65(27-31-67)71-39-49-88-82(55-71)80-53-69(37-47-86(80)93(88)75-12-6-2-7-13-75)63-22-18-59(19-23-63)61-34-44-78(95)45-35-61/h1-57H. The average Bonchev–Trinajstić information content (AvgIpc) is 1.61. The Bertz CT molecular complexity index is 5660. The van der Waals surface area contributed by atoms with Gasteiger partial charge in [0.15, 0.2) is 0 Å². The smallest absolute Gasteiger partial charge is 0.0646 e. The molecule has 3 aromatic heterocycles. The maximum Gasteiger partial charge on any atom is 0.0646 e. The lowest BCUT2D eigenvalue weighted by molar-refractivity contribution is 1.18. The van der Waals surface area contributed by atoms with Crippen LogP contribution in [0.4, 0.5) is 11.4 Å². The van der Waals surface area contributed by atoms with E-state index in [4.69, 9.17) is 0 Å². The van der Waals surface area contributed by atoms with Crippen LogP contribution < -0.4 is 3.11 Å². The van der Waals surface area contributed by atoms with Crippen LogP contribution in [-0.2, 0) is 0 Å². The van der Waals surface area contributed by atoms with Crippen LogP contribution >= 0.6 is 22.9 Å². The van der Waals surface area contributed by atoms with Gasteiger partial charge in [-0.1, -0.05) is 212 Å². The highest BCUT2D eigenvalue weighted by Crippen LogP contribution is 2.43. The van der Waals surface area contributed by atoms with E-state index in [2.05, 4.69) is 385 Å². The molecule has 18 aromatic rings. The summed E-state index contributed by atoms with van der Waals surface area (Å²) in [5.41, 5.74) is 31.6. The Hall–Kier alpha value is -11.8. The van der Waals surface area contributed by atoms with E-state index in [0.29, 0.717) is 0 Å². The van der Waals surface area contributed by atoms with Crippen molar-refractivity contribution in [3.63, 3.8) is 0 Å². The molecule has 5 heteroatoms. The third-order valence-electron chi connectivity index (χ3n) is 19.7. The van der Waals surface area contributed by atoms with Crippen LogP contribution in [-0.4, -0.2) is 13.7 Å². The third kappa shape index (κ3) is 9.33. The largest absolute Gasteiger partial charge is 0.309 e. The summed E-state index contributed by atoms with van der Waals surface area (Å²) in [7, 11) is 0. The summed E-state index contributed by atoms with van der Waals surface area (Å²) in [5, 5.41) is 7.32. The molecule has 444 valence electrons. The third-order valence-corrected chi connectivity index (χ3v) is 20.8. The van der Waals surface area contributed by atoms with Gasteiger partial charge in [0.05, 0.1) is 67.3 Å². The molecule has 0 atom stereocenters. The molecule has 0 N–H and O–H groups in total. The molecule has 0 spiro atoms. The lowest BCUT2D eigenvalue weighted by Gasteiger charge is -2.18. The van der Waals surface area contributed by atoms with Crippen LogP contribution in [0.15, 0.2) is 346 Å². The molecule has 95 heavy (non-hydrogen) atoms. The van der Waals surface area contributed by atoms with Crippen molar-refractivity contribution in [2.24, 2.45) is 0 Å². The van der Waals surface area contributed by atoms with Gasteiger partial charge in [-0.3, -0.25) is 3.11 Å². The predicted octanol–water partition coefficient (Wildman–Crippen LogP) is 25.1. The molecule has 0 fully saturated rings. The molecule has 9 aliphatic rings. The van der Waals surface area contributed by atoms with Crippen molar-refractivity contribution in [1.82, 2.24) is 13.7 Å². The lowest BCUT2D eigenvalue weighted by Crippen LogP contribution is -2.00. The Kier molecular flexibility index (Phi) is 12.9. The highest BCUT2D eigenvalue weighted by atomic mass is 127. The first kappa shape index (κ1) is 54.9. The zero-order valence-corrected chi connectivity index (χ0v) is 53.7. The molecule has 9 aliphatic heterocycles. The number of hydrogen-bond acceptors (Lipinski definition) is 1. The zero-order valence-electron chi connectivity index (χ0n) is 51.6. The van der Waals surface area contributed by atoms with Crippen LogP contribution in [0.3, 0.4) is 0 Å². The molecule has 0 aliphatic carbocycles. The Morgan fingerprint density at radius 1 is 0.147 bits per heavy atom. The van der Waals surface area contributed by atoms with E-state index in [0.717, 1.165) is 28.4 Å². The quantitative estimate of drug-likeness (QED) is 0.127. The summed E-state index contributed by atoms with van der Waals surface area (Å²) in [6.45, 7) is 0. The molecule has 0 radical (unpaired) electrons. The number of anilines is 2. The zero-order chi connectivity index (χ0) is 62.7. The van der Waals surface area contributed by atoms with Crippen LogP contribution in [0.1, 0.15) is 0 Å². The van der Waals surface area contributed by atoms with Crippen molar-refractivity contribution in [2.75, 3.05) is 3.11 Å². The van der Waals surface area contributed by atoms with Gasteiger partial charge in [0.1, 0.15) is 0 Å². The second-order valence-corrected chi connectivity index (χ2v) is 26.1. The maximum absolute atomic E-state index is 2.43. The van der Waals surface area contributed by atoms with Gasteiger partial charge < -0.3 is 13.7 Å². The fourth-order valence-corrected chi connectivity index (χ4v) is 15.5. The van der Waals surface area contributed by atoms with Gasteiger partial charge in [0.25, 0.3) is 0 Å². The van der Waals surface area contributed by atoms with Crippen molar-refractivity contribution >= 4 is 99.7 Å². The van der Waals surface area contributed by atoms with Gasteiger partial charge >= 0.3 is 0 Å². The summed E-state index contributed by atoms with van der Waals surface area (Å²) in [6, 6.07) is 128. The predicted molar refractivity (Wildman–Crippen MR) is 409 cm³/mol. The maximum atomic E-state index is 2.43. The van der Waals surface area contributed by atoms with Gasteiger partial charge in [-0.2, -0.15) is 0 Å². The van der Waals surface area contributed by atoms with E-state index < -0.39 is 0 Å². The topological polar surface area (TPSA) is 18.0 Å². The second kappa shape index (κ2) is 22.2. The number of fused-ring (bicyclic) bond motifs is 2. The molecular formula is C90H57IN4. The molecule has 15 aromatic carbocycles. The van der Waals surface area contributed by atoms with Gasteiger partial charge in [0.2, 0.25) is 0 Å². The van der Waals surface area contributed by atoms with Crippen molar-refractivity contribution in [3.05, 3.63) is 346 Å². The summed E-state index contributed by atoms with van der Waals surface area (Å²) >= 11 is 2.43. The normalized spacial score (nSPS) is 12.0. The van der Waals surface area contributed by atoms with Gasteiger partial charge in [0, 0.05) is 49.4 Å². The molecule has 27 rings (SSSR count). The minimum Gasteiger partial charge on any atom is -0.309 e. The summed E-state index contributed by atoms with van der Waals surface area (Å²) in [6.07, 6.45) is 0. The summed E-state index contributed by atoms with van der Waals surface area (Å²) in [5.74, 6) is 0. The highest BCUT2D eigenvalue weighted by molar-refractivity contribution is 14.1. The van der Waals surface area contributed by atoms with E-state index in [9.17, 15) is 0 Å². The Morgan fingerprint density at radius 2 is 0.305 bits per heavy atom. The molecular weight excluding hydrogens is 1260 g/mol. The van der Waals surface area contributed by atoms with E-state index >= 15 is 0 Å². The molecule has 0 saturated heterocycles. The van der Waals surface area contributed by atoms with Crippen LogP contribution in [0, 0.1) is 0 Å². The first-order valence-electron chi connectivity index (χ1n) is 32.5. The van der Waals surface area contributed by atoms with E-state index in [1.54, 1.807) is 0 Å². The Labute approximate surface area is 564 Å². The number of para-hydroxylation sites is 3. The Morgan fingerprint density at radius 3 is 0.495 bits per heavy atom. The van der Waals surface area contributed by atoms with E-state index in [1.807, 2.05) is 0 Å². The first-order valence-corrected chi connectivity index (χ1v) is 33.4. The fraction of sp³-hybridized carbons (Fsp3) is 0. The van der Waals surface area contributed by atoms with Crippen molar-refractivity contribution in [1.29, 1.82) is 0 Å². The van der Waals surface area contributed by atoms with Crippen LogP contribution in [0.5, 0.6) is 0 Å². The number of nitrogens with zero attached hydrogens (tertiary/aromatic N) is 4. The van der Waals surface area contributed by atoms with Gasteiger partial charge in [-0.05, 0) is 222 Å². The van der Waals surface area contributed by atoms with Gasteiger partial charge in [-0.25, -0.2) is 0 Å². The monoisotopic (exact) mass is 1320 g/mol. The SMILES string of the molecule is IN1c2ccc(cc2)-c2ccc(cc2)-c2ccc3c(c2)c2cc(ccc2n3-c2ccccc2)-c2ccc(cc2)-c2ccc3c(c2)c2cc(ccc2n3-c2ccccc2)-c2ccc(cc2)-c2ccc3c(c2)c2cc(ccc2n3-c2ccccc2)-c2ccc(cc2)-c2ccc1cc2. The molecule has 0 saturated carbocycles. The molecule has 0 amide bonds. The fourth-order valence-electron chi connectivity index (χ4n) is 14.9. The number of rotatable bonds is 3. The van der Waals surface area contributed by atoms with Crippen molar-refractivity contribution < 1.29 is 0 Å². The summed E-state index contributed by atoms with van der Waals surface area (Å²) in [4.78, 5) is 0. The minimum atomic E-state index is 1.12. The highest BCUT2D eigenvalue weighted by Gasteiger charge is 2.20. The van der Waals surface area contributed by atoms with Crippen LogP contribution in [0.25, 0.3) is 171 Å².